The number of thiophene rings is 1. The molecule has 0 aromatic carbocycles. The van der Waals surface area contributed by atoms with Crippen molar-refractivity contribution >= 4 is 27.8 Å². The van der Waals surface area contributed by atoms with Crippen LogP contribution in [-0.2, 0) is 4.74 Å². The normalized spacial score (nSPS) is 23.3. The summed E-state index contributed by atoms with van der Waals surface area (Å²) in [6.07, 6.45) is 5.86. The van der Waals surface area contributed by atoms with E-state index in [2.05, 4.69) is 5.32 Å². The molecular weight excluding hydrogens is 260 g/mol. The number of ether oxygens (including phenoxy) is 1. The largest absolute Gasteiger partial charge is 0.397 e. The van der Waals surface area contributed by atoms with Crippen molar-refractivity contribution in [2.45, 2.75) is 38.2 Å². The second-order valence-corrected chi connectivity index (χ2v) is 6.46. The van der Waals surface area contributed by atoms with Crippen molar-refractivity contribution in [2.75, 3.05) is 24.2 Å². The summed E-state index contributed by atoms with van der Waals surface area (Å²) in [5.74, 6) is 0.458. The fourth-order valence-corrected chi connectivity index (χ4v) is 3.40. The maximum absolute atomic E-state index is 12.0. The zero-order chi connectivity index (χ0) is 13.2. The topological polar surface area (TPSA) is 64.3 Å². The van der Waals surface area contributed by atoms with Crippen molar-refractivity contribution < 1.29 is 9.53 Å². The van der Waals surface area contributed by atoms with Gasteiger partial charge < -0.3 is 15.8 Å². The molecule has 2 fully saturated rings. The molecule has 0 spiro atoms. The monoisotopic (exact) mass is 280 g/mol. The lowest BCUT2D eigenvalue weighted by Crippen LogP contribution is -2.26. The van der Waals surface area contributed by atoms with Gasteiger partial charge in [0.2, 0.25) is 0 Å². The molecule has 3 rings (SSSR count). The number of ketones is 1. The van der Waals surface area contributed by atoms with E-state index in [-0.39, 0.29) is 11.7 Å². The standard InChI is InChI=1S/C14H20N2O2S/c15-11-7-12(16-8-10-3-1-2-6-18-10)19-14(11)13(17)9-4-5-9/h7,9-10,16H,1-6,8,15H2. The highest BCUT2D eigenvalue weighted by Crippen LogP contribution is 2.38. The summed E-state index contributed by atoms with van der Waals surface area (Å²) in [6, 6.07) is 1.88. The number of hydrogen-bond donors (Lipinski definition) is 2. The van der Waals surface area contributed by atoms with Gasteiger partial charge in [0.05, 0.1) is 21.7 Å². The Morgan fingerprint density at radius 1 is 1.42 bits per heavy atom. The number of nitrogens with one attached hydrogen (secondary N) is 1. The van der Waals surface area contributed by atoms with Gasteiger partial charge in [-0.3, -0.25) is 4.79 Å². The van der Waals surface area contributed by atoms with Crippen LogP contribution in [0.5, 0.6) is 0 Å². The maximum atomic E-state index is 12.0. The highest BCUT2D eigenvalue weighted by molar-refractivity contribution is 7.18. The van der Waals surface area contributed by atoms with E-state index in [0.717, 1.165) is 42.3 Å². The zero-order valence-electron chi connectivity index (χ0n) is 11.0. The molecule has 104 valence electrons. The first-order chi connectivity index (χ1) is 9.24. The molecule has 1 aliphatic carbocycles. The van der Waals surface area contributed by atoms with Crippen molar-refractivity contribution in [3.8, 4) is 0 Å². The highest BCUT2D eigenvalue weighted by Gasteiger charge is 2.32. The Morgan fingerprint density at radius 3 is 2.95 bits per heavy atom. The van der Waals surface area contributed by atoms with E-state index < -0.39 is 0 Å². The second-order valence-electron chi connectivity index (χ2n) is 5.40. The van der Waals surface area contributed by atoms with Gasteiger partial charge in [0.25, 0.3) is 0 Å². The number of anilines is 2. The molecule has 5 heteroatoms. The Balaban J connectivity index is 1.58. The predicted octanol–water partition coefficient (Wildman–Crippen LogP) is 2.90. The van der Waals surface area contributed by atoms with Crippen LogP contribution in [0.2, 0.25) is 0 Å². The van der Waals surface area contributed by atoms with Gasteiger partial charge in [0.15, 0.2) is 5.78 Å². The van der Waals surface area contributed by atoms with Crippen LogP contribution in [-0.4, -0.2) is 25.0 Å². The van der Waals surface area contributed by atoms with E-state index >= 15 is 0 Å². The molecule has 2 heterocycles. The van der Waals surface area contributed by atoms with Crippen LogP contribution in [0.15, 0.2) is 6.07 Å². The third kappa shape index (κ3) is 3.09. The molecular formula is C14H20N2O2S. The van der Waals surface area contributed by atoms with Crippen LogP contribution in [0.25, 0.3) is 0 Å². The summed E-state index contributed by atoms with van der Waals surface area (Å²) in [4.78, 5) is 12.8. The smallest absolute Gasteiger partial charge is 0.178 e. The van der Waals surface area contributed by atoms with Crippen molar-refractivity contribution in [1.82, 2.24) is 0 Å². The van der Waals surface area contributed by atoms with Crippen LogP contribution in [0, 0.1) is 5.92 Å². The molecule has 0 amide bonds. The van der Waals surface area contributed by atoms with Gasteiger partial charge in [-0.2, -0.15) is 0 Å². The predicted molar refractivity (Wildman–Crippen MR) is 77.9 cm³/mol. The number of carbonyl (C=O) groups excluding carboxylic acids is 1. The number of nitrogens with two attached hydrogens (primary N) is 1. The zero-order valence-corrected chi connectivity index (χ0v) is 11.8. The first-order valence-corrected chi connectivity index (χ1v) is 7.84. The second kappa shape index (κ2) is 5.51. The Labute approximate surface area is 117 Å². The maximum Gasteiger partial charge on any atom is 0.178 e. The summed E-state index contributed by atoms with van der Waals surface area (Å²) in [5.41, 5.74) is 6.55. The molecule has 2 aliphatic rings. The van der Waals surface area contributed by atoms with Gasteiger partial charge in [0, 0.05) is 19.1 Å². The van der Waals surface area contributed by atoms with Crippen LogP contribution < -0.4 is 11.1 Å². The van der Waals surface area contributed by atoms with Crippen LogP contribution in [0.3, 0.4) is 0 Å². The quantitative estimate of drug-likeness (QED) is 0.814. The van der Waals surface area contributed by atoms with Crippen molar-refractivity contribution in [3.05, 3.63) is 10.9 Å². The van der Waals surface area contributed by atoms with Gasteiger partial charge in [-0.05, 0) is 38.2 Å². The lowest BCUT2D eigenvalue weighted by atomic mass is 10.1. The van der Waals surface area contributed by atoms with E-state index in [9.17, 15) is 4.79 Å². The summed E-state index contributed by atoms with van der Waals surface area (Å²) >= 11 is 1.48. The average Bonchev–Trinajstić information content (AvgIpc) is 3.21. The molecule has 4 nitrogen and oxygen atoms in total. The first kappa shape index (κ1) is 12.9. The summed E-state index contributed by atoms with van der Waals surface area (Å²) in [6.45, 7) is 1.67. The molecule has 1 aromatic rings. The van der Waals surface area contributed by atoms with Crippen LogP contribution in [0.1, 0.15) is 41.8 Å². The molecule has 0 bridgehead atoms. The minimum absolute atomic E-state index is 0.226. The molecule has 1 saturated carbocycles. The van der Waals surface area contributed by atoms with E-state index in [1.807, 2.05) is 6.07 Å². The minimum atomic E-state index is 0.226. The minimum Gasteiger partial charge on any atom is -0.397 e. The number of Topliss-reactive ketones (excluding diaryl/α,β-unsaturated/α-hetero) is 1. The molecule has 3 N–H and O–H groups in total. The molecule has 1 aromatic heterocycles. The third-order valence-electron chi connectivity index (χ3n) is 3.71. The molecule has 1 aliphatic heterocycles. The SMILES string of the molecule is Nc1cc(NCC2CCCCO2)sc1C(=O)C1CC1. The van der Waals surface area contributed by atoms with Gasteiger partial charge in [0.1, 0.15) is 0 Å². The fourth-order valence-electron chi connectivity index (χ4n) is 2.40. The Kier molecular flexibility index (Phi) is 3.75. The van der Waals surface area contributed by atoms with Crippen LogP contribution >= 0.6 is 11.3 Å². The molecule has 1 saturated heterocycles. The van der Waals surface area contributed by atoms with Gasteiger partial charge >= 0.3 is 0 Å². The van der Waals surface area contributed by atoms with Crippen LogP contribution in [0.4, 0.5) is 10.7 Å². The van der Waals surface area contributed by atoms with Gasteiger partial charge in [-0.15, -0.1) is 11.3 Å². The van der Waals surface area contributed by atoms with Gasteiger partial charge in [-0.25, -0.2) is 0 Å². The summed E-state index contributed by atoms with van der Waals surface area (Å²) in [7, 11) is 0. The summed E-state index contributed by atoms with van der Waals surface area (Å²) in [5, 5.41) is 4.33. The van der Waals surface area contributed by atoms with E-state index in [1.165, 1.54) is 24.2 Å². The van der Waals surface area contributed by atoms with Crippen molar-refractivity contribution in [2.24, 2.45) is 5.92 Å². The average molecular weight is 280 g/mol. The molecule has 0 radical (unpaired) electrons. The molecule has 1 unspecified atom stereocenters. The Morgan fingerprint density at radius 2 is 2.26 bits per heavy atom. The Hall–Kier alpha value is -1.07. The van der Waals surface area contributed by atoms with Crippen molar-refractivity contribution in [3.63, 3.8) is 0 Å². The van der Waals surface area contributed by atoms with Gasteiger partial charge in [-0.1, -0.05) is 0 Å². The number of hydrogen-bond acceptors (Lipinski definition) is 5. The number of rotatable bonds is 5. The highest BCUT2D eigenvalue weighted by atomic mass is 32.1. The van der Waals surface area contributed by atoms with E-state index in [0.29, 0.717) is 11.8 Å². The Bertz CT molecular complexity index is 462. The molecule has 19 heavy (non-hydrogen) atoms. The van der Waals surface area contributed by atoms with E-state index in [1.54, 1.807) is 0 Å². The lowest BCUT2D eigenvalue weighted by molar-refractivity contribution is 0.0248. The van der Waals surface area contributed by atoms with Crippen molar-refractivity contribution in [1.29, 1.82) is 0 Å². The number of nitrogen functional groups attached to an aromatic ring is 1. The summed E-state index contributed by atoms with van der Waals surface area (Å²) < 4.78 is 5.68. The third-order valence-corrected chi connectivity index (χ3v) is 4.83. The first-order valence-electron chi connectivity index (χ1n) is 7.03. The van der Waals surface area contributed by atoms with E-state index in [4.69, 9.17) is 10.5 Å². The number of carbonyl (C=O) groups is 1. The fraction of sp³-hybridized carbons (Fsp3) is 0.643. The molecule has 1 atom stereocenters. The lowest BCUT2D eigenvalue weighted by Gasteiger charge is -2.22.